The monoisotopic (exact) mass is 464 g/mol. The normalized spacial score (nSPS) is 15.7. The van der Waals surface area contributed by atoms with Gasteiger partial charge in [-0.3, -0.25) is 14.4 Å². The Morgan fingerprint density at radius 2 is 1.79 bits per heavy atom. The van der Waals surface area contributed by atoms with E-state index in [4.69, 9.17) is 9.84 Å². The van der Waals surface area contributed by atoms with E-state index < -0.39 is 29.7 Å². The minimum atomic E-state index is -1.27. The number of anilines is 1. The van der Waals surface area contributed by atoms with Crippen LogP contribution in [0.25, 0.3) is 0 Å². The second-order valence-corrected chi connectivity index (χ2v) is 7.92. The van der Waals surface area contributed by atoms with Crippen molar-refractivity contribution in [2.75, 3.05) is 18.1 Å². The topological polar surface area (TPSA) is 104 Å². The van der Waals surface area contributed by atoms with Crippen molar-refractivity contribution in [3.63, 3.8) is 0 Å². The number of benzene rings is 2. The van der Waals surface area contributed by atoms with Crippen molar-refractivity contribution in [3.8, 4) is 5.75 Å². The summed E-state index contributed by atoms with van der Waals surface area (Å²) >= 11 is 0. The van der Waals surface area contributed by atoms with Gasteiger partial charge in [-0.1, -0.05) is 43.7 Å². The van der Waals surface area contributed by atoms with Gasteiger partial charge in [-0.25, -0.2) is 9.69 Å². The van der Waals surface area contributed by atoms with Crippen LogP contribution >= 0.6 is 0 Å². The number of unbranched alkanes of at least 4 members (excludes halogenated alkanes) is 1. The molecule has 8 nitrogen and oxygen atoms in total. The zero-order valence-corrected chi connectivity index (χ0v) is 19.1. The number of hydrogen-bond acceptors (Lipinski definition) is 5. The van der Waals surface area contributed by atoms with Crippen LogP contribution in [0, 0.1) is 0 Å². The Labute approximate surface area is 198 Å². The summed E-state index contributed by atoms with van der Waals surface area (Å²) in [5.74, 6) is -2.20. The van der Waals surface area contributed by atoms with Crippen molar-refractivity contribution < 1.29 is 29.0 Å². The van der Waals surface area contributed by atoms with Crippen molar-refractivity contribution >= 4 is 29.4 Å². The second-order valence-electron chi connectivity index (χ2n) is 7.92. The first kappa shape index (κ1) is 24.7. The fourth-order valence-corrected chi connectivity index (χ4v) is 3.71. The van der Waals surface area contributed by atoms with Crippen LogP contribution in [0.1, 0.15) is 31.7 Å². The molecule has 0 saturated carbocycles. The van der Waals surface area contributed by atoms with E-state index in [9.17, 15) is 19.2 Å². The lowest BCUT2D eigenvalue weighted by molar-refractivity contribution is -0.135. The van der Waals surface area contributed by atoms with E-state index in [1.54, 1.807) is 24.3 Å². The maximum atomic E-state index is 13.2. The van der Waals surface area contributed by atoms with Crippen molar-refractivity contribution in [2.24, 2.45) is 0 Å². The van der Waals surface area contributed by atoms with Crippen molar-refractivity contribution in [3.05, 3.63) is 72.3 Å². The first-order valence-corrected chi connectivity index (χ1v) is 11.3. The highest BCUT2D eigenvalue weighted by Gasteiger charge is 2.43. The molecule has 1 aliphatic rings. The van der Waals surface area contributed by atoms with E-state index in [0.29, 0.717) is 24.5 Å². The predicted octanol–water partition coefficient (Wildman–Crippen LogP) is 3.21. The summed E-state index contributed by atoms with van der Waals surface area (Å²) in [5.41, 5.74) is 1.35. The molecule has 1 N–H and O–H groups in total. The van der Waals surface area contributed by atoms with Crippen LogP contribution in [0.3, 0.4) is 0 Å². The first-order valence-electron chi connectivity index (χ1n) is 11.3. The number of rotatable bonds is 11. The molecule has 1 saturated heterocycles. The standard InChI is InChI=1S/C26H28N2O6/c1-2-3-17-34-21-11-9-20(10-12-21)28-24(30)18-22(26(28)33)27(23(29)13-14-25(31)32)16-15-19-7-5-4-6-8-19/h4-14,22H,2-3,15-18H2,1H3,(H,31,32)/b14-13+/t22-/m0/s1. The molecule has 34 heavy (non-hydrogen) atoms. The minimum absolute atomic E-state index is 0.161. The number of amides is 3. The van der Waals surface area contributed by atoms with Gasteiger partial charge in [0, 0.05) is 18.7 Å². The molecule has 0 unspecified atom stereocenters. The number of carbonyl (C=O) groups excluding carboxylic acids is 3. The third kappa shape index (κ3) is 6.31. The maximum Gasteiger partial charge on any atom is 0.328 e. The number of nitrogens with zero attached hydrogens (tertiary/aromatic N) is 2. The molecule has 0 aliphatic carbocycles. The van der Waals surface area contributed by atoms with Gasteiger partial charge in [0.15, 0.2) is 0 Å². The fourth-order valence-electron chi connectivity index (χ4n) is 3.71. The number of carboxylic acid groups (broad SMARTS) is 1. The lowest BCUT2D eigenvalue weighted by Crippen LogP contribution is -2.45. The van der Waals surface area contributed by atoms with Gasteiger partial charge in [-0.15, -0.1) is 0 Å². The zero-order chi connectivity index (χ0) is 24.5. The lowest BCUT2D eigenvalue weighted by atomic mass is 10.1. The first-order chi connectivity index (χ1) is 16.4. The molecule has 1 heterocycles. The van der Waals surface area contributed by atoms with Gasteiger partial charge < -0.3 is 14.7 Å². The molecule has 1 atom stereocenters. The molecule has 0 spiro atoms. The van der Waals surface area contributed by atoms with Crippen LogP contribution in [0.5, 0.6) is 5.75 Å². The van der Waals surface area contributed by atoms with Gasteiger partial charge in [-0.05, 0) is 42.7 Å². The van der Waals surface area contributed by atoms with E-state index in [1.165, 1.54) is 4.90 Å². The molecule has 2 aromatic rings. The molecule has 8 heteroatoms. The van der Waals surface area contributed by atoms with Crippen LogP contribution in [0.15, 0.2) is 66.7 Å². The zero-order valence-electron chi connectivity index (χ0n) is 19.1. The molecule has 0 radical (unpaired) electrons. The number of carboxylic acids is 1. The van der Waals surface area contributed by atoms with E-state index >= 15 is 0 Å². The smallest absolute Gasteiger partial charge is 0.328 e. The highest BCUT2D eigenvalue weighted by atomic mass is 16.5. The van der Waals surface area contributed by atoms with Crippen LogP contribution in [0.2, 0.25) is 0 Å². The van der Waals surface area contributed by atoms with E-state index in [-0.39, 0.29) is 13.0 Å². The Balaban J connectivity index is 1.78. The summed E-state index contributed by atoms with van der Waals surface area (Å²) in [6.07, 6.45) is 3.86. The SMILES string of the molecule is CCCCOc1ccc(N2C(=O)C[C@H](N(CCc3ccccc3)C(=O)/C=C/C(=O)O)C2=O)cc1. The summed E-state index contributed by atoms with van der Waals surface area (Å²) in [6.45, 7) is 2.81. The number of ether oxygens (including phenoxy) is 1. The molecule has 178 valence electrons. The highest BCUT2D eigenvalue weighted by Crippen LogP contribution is 2.28. The van der Waals surface area contributed by atoms with Crippen LogP contribution in [-0.2, 0) is 25.6 Å². The third-order valence-electron chi connectivity index (χ3n) is 5.50. The molecule has 3 rings (SSSR count). The van der Waals surface area contributed by atoms with E-state index in [2.05, 4.69) is 6.92 Å². The van der Waals surface area contributed by atoms with Crippen LogP contribution in [-0.4, -0.2) is 52.9 Å². The molecular weight excluding hydrogens is 436 g/mol. The average Bonchev–Trinajstić information content (AvgIpc) is 3.12. The predicted molar refractivity (Wildman–Crippen MR) is 126 cm³/mol. The third-order valence-corrected chi connectivity index (χ3v) is 5.50. The Morgan fingerprint density at radius 1 is 1.09 bits per heavy atom. The molecule has 0 aromatic heterocycles. The van der Waals surface area contributed by atoms with Crippen molar-refractivity contribution in [1.29, 1.82) is 0 Å². The Bertz CT molecular complexity index is 1050. The molecule has 2 aromatic carbocycles. The van der Waals surface area contributed by atoms with Gasteiger partial charge >= 0.3 is 5.97 Å². The average molecular weight is 465 g/mol. The Hall–Kier alpha value is -3.94. The Kier molecular flexibility index (Phi) is 8.56. The maximum absolute atomic E-state index is 13.2. The van der Waals surface area contributed by atoms with Gasteiger partial charge in [-0.2, -0.15) is 0 Å². The quantitative estimate of drug-likeness (QED) is 0.311. The summed E-state index contributed by atoms with van der Waals surface area (Å²) < 4.78 is 5.63. The van der Waals surface area contributed by atoms with Crippen molar-refractivity contribution in [1.82, 2.24) is 4.90 Å². The van der Waals surface area contributed by atoms with Gasteiger partial charge in [0.05, 0.1) is 18.7 Å². The minimum Gasteiger partial charge on any atom is -0.494 e. The fraction of sp³-hybridized carbons (Fsp3) is 0.308. The number of imide groups is 1. The molecule has 0 bridgehead atoms. The highest BCUT2D eigenvalue weighted by molar-refractivity contribution is 6.23. The Morgan fingerprint density at radius 3 is 2.44 bits per heavy atom. The number of hydrogen-bond donors (Lipinski definition) is 1. The number of carbonyl (C=O) groups is 4. The van der Waals surface area contributed by atoms with Gasteiger partial charge in [0.25, 0.3) is 5.91 Å². The molecular formula is C26H28N2O6. The summed E-state index contributed by atoms with van der Waals surface area (Å²) in [4.78, 5) is 52.1. The largest absolute Gasteiger partial charge is 0.494 e. The molecule has 1 aliphatic heterocycles. The summed E-state index contributed by atoms with van der Waals surface area (Å²) in [7, 11) is 0. The second kappa shape index (κ2) is 11.8. The van der Waals surface area contributed by atoms with Crippen LogP contribution in [0.4, 0.5) is 5.69 Å². The molecule has 1 fully saturated rings. The lowest BCUT2D eigenvalue weighted by Gasteiger charge is -2.26. The number of aliphatic carboxylic acids is 1. The van der Waals surface area contributed by atoms with E-state index in [0.717, 1.165) is 35.5 Å². The van der Waals surface area contributed by atoms with Gasteiger partial charge in [0.2, 0.25) is 11.8 Å². The molecule has 3 amide bonds. The summed E-state index contributed by atoms with van der Waals surface area (Å²) in [5, 5.41) is 8.90. The summed E-state index contributed by atoms with van der Waals surface area (Å²) in [6, 6.07) is 15.1. The van der Waals surface area contributed by atoms with Gasteiger partial charge in [0.1, 0.15) is 11.8 Å². The van der Waals surface area contributed by atoms with E-state index in [1.807, 2.05) is 30.3 Å². The van der Waals surface area contributed by atoms with Crippen molar-refractivity contribution in [2.45, 2.75) is 38.6 Å². The van der Waals surface area contributed by atoms with Crippen LogP contribution < -0.4 is 9.64 Å².